The van der Waals surface area contributed by atoms with E-state index in [1.807, 2.05) is 6.92 Å². The van der Waals surface area contributed by atoms with Crippen LogP contribution in [0.15, 0.2) is 0 Å². The lowest BCUT2D eigenvalue weighted by molar-refractivity contribution is -0.532. The van der Waals surface area contributed by atoms with E-state index >= 15 is 0 Å². The number of hydrogen-bond acceptors (Lipinski definition) is 4. The summed E-state index contributed by atoms with van der Waals surface area (Å²) in [6.45, 7) is 3.73. The van der Waals surface area contributed by atoms with Gasteiger partial charge in [-0.25, -0.2) is 0 Å². The highest BCUT2D eigenvalue weighted by Gasteiger charge is 2.26. The Morgan fingerprint density at radius 2 is 2.14 bits per heavy atom. The molecule has 14 heavy (non-hydrogen) atoms. The van der Waals surface area contributed by atoms with Crippen LogP contribution < -0.4 is 0 Å². The van der Waals surface area contributed by atoms with Gasteiger partial charge in [0.2, 0.25) is 6.04 Å². The van der Waals surface area contributed by atoms with Crippen LogP contribution in [0.5, 0.6) is 0 Å². The van der Waals surface area contributed by atoms with Crippen molar-refractivity contribution in [1.82, 2.24) is 0 Å². The van der Waals surface area contributed by atoms with Crippen molar-refractivity contribution in [3.8, 4) is 0 Å². The van der Waals surface area contributed by atoms with E-state index in [0.29, 0.717) is 6.42 Å². The maximum Gasteiger partial charge on any atom is 0.236 e. The maximum absolute atomic E-state index is 10.6. The minimum absolute atomic E-state index is 0.118. The van der Waals surface area contributed by atoms with Gasteiger partial charge in [-0.2, -0.15) is 0 Å². The van der Waals surface area contributed by atoms with Gasteiger partial charge in [-0.3, -0.25) is 10.1 Å². The van der Waals surface area contributed by atoms with E-state index in [1.54, 1.807) is 6.92 Å². The number of ether oxygens (including phenoxy) is 2. The molecule has 0 heterocycles. The van der Waals surface area contributed by atoms with E-state index in [2.05, 4.69) is 0 Å². The standard InChI is InChI=1S/C9H19NO4/c1-4-5-6-9(14-7-13-3)8(2)10(11)12/h8-9H,4-7H2,1-3H3/t8?,9-/m1/s1. The molecule has 0 amide bonds. The van der Waals surface area contributed by atoms with Crippen molar-refractivity contribution < 1.29 is 14.4 Å². The number of rotatable bonds is 8. The van der Waals surface area contributed by atoms with E-state index < -0.39 is 6.04 Å². The molecule has 0 saturated carbocycles. The summed E-state index contributed by atoms with van der Waals surface area (Å²) >= 11 is 0. The molecule has 0 aliphatic carbocycles. The van der Waals surface area contributed by atoms with Gasteiger partial charge in [0.1, 0.15) is 12.9 Å². The van der Waals surface area contributed by atoms with E-state index in [0.717, 1.165) is 12.8 Å². The SMILES string of the molecule is CCCC[C@@H](OCOC)C(C)[N+](=O)[O-]. The fraction of sp³-hybridized carbons (Fsp3) is 1.00. The normalized spacial score (nSPS) is 15.1. The second-order valence-corrected chi connectivity index (χ2v) is 3.28. The maximum atomic E-state index is 10.6. The van der Waals surface area contributed by atoms with Gasteiger partial charge in [0.05, 0.1) is 0 Å². The Hall–Kier alpha value is -0.680. The van der Waals surface area contributed by atoms with Gasteiger partial charge in [-0.15, -0.1) is 0 Å². The highest BCUT2D eigenvalue weighted by atomic mass is 16.7. The van der Waals surface area contributed by atoms with E-state index in [1.165, 1.54) is 7.11 Å². The molecule has 0 spiro atoms. The van der Waals surface area contributed by atoms with Gasteiger partial charge in [-0.05, 0) is 6.42 Å². The molecule has 0 aliphatic heterocycles. The third-order valence-electron chi connectivity index (χ3n) is 2.11. The van der Waals surface area contributed by atoms with Gasteiger partial charge in [-0.1, -0.05) is 19.8 Å². The van der Waals surface area contributed by atoms with E-state index in [-0.39, 0.29) is 17.8 Å². The Labute approximate surface area is 84.5 Å². The zero-order valence-corrected chi connectivity index (χ0v) is 9.06. The first-order valence-electron chi connectivity index (χ1n) is 4.87. The Balaban J connectivity index is 4.01. The molecular weight excluding hydrogens is 186 g/mol. The molecule has 0 radical (unpaired) electrons. The highest BCUT2D eigenvalue weighted by molar-refractivity contribution is 4.64. The summed E-state index contributed by atoms with van der Waals surface area (Å²) in [6, 6.07) is -0.670. The zero-order valence-electron chi connectivity index (χ0n) is 9.06. The summed E-state index contributed by atoms with van der Waals surface area (Å²) in [5.74, 6) is 0. The summed E-state index contributed by atoms with van der Waals surface area (Å²) in [6.07, 6.45) is 2.32. The van der Waals surface area contributed by atoms with Crippen molar-refractivity contribution in [1.29, 1.82) is 0 Å². The second-order valence-electron chi connectivity index (χ2n) is 3.28. The quantitative estimate of drug-likeness (QED) is 0.344. The fourth-order valence-corrected chi connectivity index (χ4v) is 1.16. The minimum Gasteiger partial charge on any atom is -0.359 e. The Kier molecular flexibility index (Phi) is 7.32. The van der Waals surface area contributed by atoms with Gasteiger partial charge < -0.3 is 9.47 Å². The molecule has 2 atom stereocenters. The van der Waals surface area contributed by atoms with Crippen molar-refractivity contribution in [2.45, 2.75) is 45.3 Å². The third kappa shape index (κ3) is 5.14. The molecule has 0 rings (SSSR count). The summed E-state index contributed by atoms with van der Waals surface area (Å²) in [5.41, 5.74) is 0. The predicted molar refractivity (Wildman–Crippen MR) is 52.7 cm³/mol. The summed E-state index contributed by atoms with van der Waals surface area (Å²) in [4.78, 5) is 10.2. The molecule has 5 heteroatoms. The molecule has 0 N–H and O–H groups in total. The highest BCUT2D eigenvalue weighted by Crippen LogP contribution is 2.11. The Bertz CT molecular complexity index is 155. The average Bonchev–Trinajstić information content (AvgIpc) is 2.17. The van der Waals surface area contributed by atoms with Crippen LogP contribution in [0.4, 0.5) is 0 Å². The average molecular weight is 205 g/mol. The van der Waals surface area contributed by atoms with Crippen LogP contribution in [0, 0.1) is 10.1 Å². The van der Waals surface area contributed by atoms with Gasteiger partial charge in [0, 0.05) is 19.0 Å². The lowest BCUT2D eigenvalue weighted by Crippen LogP contribution is -2.33. The molecular formula is C9H19NO4. The summed E-state index contributed by atoms with van der Waals surface area (Å²) in [7, 11) is 1.51. The minimum atomic E-state index is -0.670. The fourth-order valence-electron chi connectivity index (χ4n) is 1.16. The Morgan fingerprint density at radius 1 is 1.50 bits per heavy atom. The zero-order chi connectivity index (χ0) is 11.0. The molecule has 0 bridgehead atoms. The molecule has 84 valence electrons. The first-order valence-corrected chi connectivity index (χ1v) is 4.87. The van der Waals surface area contributed by atoms with Crippen molar-refractivity contribution in [2.24, 2.45) is 0 Å². The van der Waals surface area contributed by atoms with Crippen LogP contribution in [0.25, 0.3) is 0 Å². The van der Waals surface area contributed by atoms with Gasteiger partial charge in [0.25, 0.3) is 0 Å². The first-order chi connectivity index (χ1) is 6.63. The predicted octanol–water partition coefficient (Wildman–Crippen LogP) is 1.83. The molecule has 0 aliphatic rings. The number of hydrogen-bond donors (Lipinski definition) is 0. The molecule has 0 aromatic rings. The van der Waals surface area contributed by atoms with E-state index in [4.69, 9.17) is 9.47 Å². The van der Waals surface area contributed by atoms with Crippen LogP contribution in [-0.4, -0.2) is 31.0 Å². The second kappa shape index (κ2) is 7.70. The first kappa shape index (κ1) is 13.3. The number of nitro groups is 1. The largest absolute Gasteiger partial charge is 0.359 e. The molecule has 0 aromatic carbocycles. The molecule has 0 aromatic heterocycles. The number of unbranched alkanes of at least 4 members (excludes halogenated alkanes) is 1. The monoisotopic (exact) mass is 205 g/mol. The lowest BCUT2D eigenvalue weighted by Gasteiger charge is -2.17. The van der Waals surface area contributed by atoms with Crippen LogP contribution in [-0.2, 0) is 9.47 Å². The van der Waals surface area contributed by atoms with E-state index in [9.17, 15) is 10.1 Å². The molecule has 0 fully saturated rings. The van der Waals surface area contributed by atoms with Crippen LogP contribution in [0.1, 0.15) is 33.1 Å². The van der Waals surface area contributed by atoms with Crippen LogP contribution in [0.3, 0.4) is 0 Å². The number of methoxy groups -OCH3 is 1. The topological polar surface area (TPSA) is 61.6 Å². The van der Waals surface area contributed by atoms with Gasteiger partial charge in [0.15, 0.2) is 0 Å². The molecule has 5 nitrogen and oxygen atoms in total. The summed E-state index contributed by atoms with van der Waals surface area (Å²) in [5, 5.41) is 10.6. The van der Waals surface area contributed by atoms with Crippen molar-refractivity contribution in [3.63, 3.8) is 0 Å². The Morgan fingerprint density at radius 3 is 2.57 bits per heavy atom. The van der Waals surface area contributed by atoms with Crippen LogP contribution in [0.2, 0.25) is 0 Å². The lowest BCUT2D eigenvalue weighted by atomic mass is 10.1. The summed E-state index contributed by atoms with van der Waals surface area (Å²) < 4.78 is 9.99. The smallest absolute Gasteiger partial charge is 0.236 e. The number of nitrogens with zero attached hydrogens (tertiary/aromatic N) is 1. The van der Waals surface area contributed by atoms with Crippen molar-refractivity contribution in [2.75, 3.05) is 13.9 Å². The van der Waals surface area contributed by atoms with Crippen molar-refractivity contribution in [3.05, 3.63) is 10.1 Å². The van der Waals surface area contributed by atoms with Crippen LogP contribution >= 0.6 is 0 Å². The third-order valence-corrected chi connectivity index (χ3v) is 2.11. The molecule has 0 saturated heterocycles. The van der Waals surface area contributed by atoms with Crippen molar-refractivity contribution >= 4 is 0 Å². The molecule has 1 unspecified atom stereocenters. The van der Waals surface area contributed by atoms with Gasteiger partial charge >= 0.3 is 0 Å².